The number of hydrogen-bond donors (Lipinski definition) is 1. The van der Waals surface area contributed by atoms with Crippen molar-refractivity contribution < 1.29 is 14.6 Å². The monoisotopic (exact) mass is 293 g/mol. The van der Waals surface area contributed by atoms with Gasteiger partial charge in [-0.3, -0.25) is 0 Å². The Balaban J connectivity index is 0.000000491. The zero-order valence-corrected chi connectivity index (χ0v) is 13.5. The van der Waals surface area contributed by atoms with Crippen molar-refractivity contribution in [3.05, 3.63) is 30.0 Å². The molecule has 0 spiro atoms. The number of aliphatic hydroxyl groups is 1. The summed E-state index contributed by atoms with van der Waals surface area (Å²) in [5.74, 6) is 2.14. The van der Waals surface area contributed by atoms with E-state index >= 15 is 0 Å². The molecule has 0 radical (unpaired) electrons. The van der Waals surface area contributed by atoms with E-state index in [4.69, 9.17) is 14.6 Å². The SMILES string of the molecule is CC(C)C.COc1ccc(OC2C=C(CO)CCC2)cn1. The Morgan fingerprint density at radius 1 is 1.33 bits per heavy atom. The summed E-state index contributed by atoms with van der Waals surface area (Å²) in [6.07, 6.45) is 6.71. The lowest BCUT2D eigenvalue weighted by Gasteiger charge is -2.21. The molecule has 0 aromatic carbocycles. The van der Waals surface area contributed by atoms with Gasteiger partial charge in [-0.05, 0) is 42.9 Å². The Labute approximate surface area is 127 Å². The zero-order chi connectivity index (χ0) is 15.7. The van der Waals surface area contributed by atoms with Crippen molar-refractivity contribution in [1.29, 1.82) is 0 Å². The minimum atomic E-state index is 0.0427. The van der Waals surface area contributed by atoms with Crippen LogP contribution in [0.5, 0.6) is 11.6 Å². The molecule has 1 aliphatic rings. The molecule has 0 fully saturated rings. The van der Waals surface area contributed by atoms with Crippen LogP contribution in [0.3, 0.4) is 0 Å². The van der Waals surface area contributed by atoms with Gasteiger partial charge in [0.15, 0.2) is 0 Å². The van der Waals surface area contributed by atoms with Crippen molar-refractivity contribution in [2.24, 2.45) is 5.92 Å². The maximum absolute atomic E-state index is 9.09. The number of methoxy groups -OCH3 is 1. The van der Waals surface area contributed by atoms with Crippen LogP contribution >= 0.6 is 0 Å². The number of hydrogen-bond acceptors (Lipinski definition) is 4. The summed E-state index contributed by atoms with van der Waals surface area (Å²) in [6, 6.07) is 3.61. The third-order valence-electron chi connectivity index (χ3n) is 2.82. The van der Waals surface area contributed by atoms with Crippen LogP contribution in [0.1, 0.15) is 40.0 Å². The molecule has 1 aromatic heterocycles. The molecule has 1 unspecified atom stereocenters. The van der Waals surface area contributed by atoms with Crippen molar-refractivity contribution in [3.8, 4) is 11.6 Å². The van der Waals surface area contributed by atoms with Gasteiger partial charge >= 0.3 is 0 Å². The molecule has 4 heteroatoms. The molecule has 1 aromatic rings. The molecular weight excluding hydrogens is 266 g/mol. The highest BCUT2D eigenvalue weighted by atomic mass is 16.5. The van der Waals surface area contributed by atoms with Crippen molar-refractivity contribution in [1.82, 2.24) is 4.98 Å². The molecule has 0 amide bonds. The number of aliphatic hydroxyl groups excluding tert-OH is 1. The maximum Gasteiger partial charge on any atom is 0.213 e. The predicted octanol–water partition coefficient (Wildman–Crippen LogP) is 3.60. The molecule has 1 atom stereocenters. The summed E-state index contributed by atoms with van der Waals surface area (Å²) in [5.41, 5.74) is 1.06. The molecule has 118 valence electrons. The van der Waals surface area contributed by atoms with E-state index in [0.717, 1.165) is 36.5 Å². The Morgan fingerprint density at radius 3 is 2.57 bits per heavy atom. The summed E-state index contributed by atoms with van der Waals surface area (Å²) in [7, 11) is 1.58. The van der Waals surface area contributed by atoms with Crippen molar-refractivity contribution in [3.63, 3.8) is 0 Å². The van der Waals surface area contributed by atoms with Gasteiger partial charge in [-0.25, -0.2) is 4.98 Å². The summed E-state index contributed by atoms with van der Waals surface area (Å²) >= 11 is 0. The fourth-order valence-electron chi connectivity index (χ4n) is 1.92. The molecule has 0 saturated carbocycles. The third kappa shape index (κ3) is 7.14. The molecule has 0 bridgehead atoms. The molecule has 1 aliphatic carbocycles. The number of nitrogens with zero attached hydrogens (tertiary/aromatic N) is 1. The zero-order valence-electron chi connectivity index (χ0n) is 13.5. The van der Waals surface area contributed by atoms with Gasteiger partial charge in [0.1, 0.15) is 11.9 Å². The number of ether oxygens (including phenoxy) is 2. The molecule has 1 heterocycles. The van der Waals surface area contributed by atoms with E-state index in [1.165, 1.54) is 0 Å². The first-order valence-electron chi connectivity index (χ1n) is 7.52. The summed E-state index contributed by atoms with van der Waals surface area (Å²) in [4.78, 5) is 4.08. The molecule has 4 nitrogen and oxygen atoms in total. The molecule has 0 saturated heterocycles. The van der Waals surface area contributed by atoms with E-state index < -0.39 is 0 Å². The Morgan fingerprint density at radius 2 is 2.05 bits per heavy atom. The van der Waals surface area contributed by atoms with Crippen LogP contribution in [0.25, 0.3) is 0 Å². The van der Waals surface area contributed by atoms with Crippen molar-refractivity contribution >= 4 is 0 Å². The van der Waals surface area contributed by atoms with Crippen LogP contribution in [-0.4, -0.2) is 29.9 Å². The second-order valence-corrected chi connectivity index (χ2v) is 5.80. The van der Waals surface area contributed by atoms with E-state index in [9.17, 15) is 0 Å². The molecular formula is C17H27NO3. The summed E-state index contributed by atoms with van der Waals surface area (Å²) in [6.45, 7) is 6.63. The fraction of sp³-hybridized carbons (Fsp3) is 0.588. The summed E-state index contributed by atoms with van der Waals surface area (Å²) in [5, 5.41) is 9.09. The molecule has 0 aliphatic heterocycles. The smallest absolute Gasteiger partial charge is 0.213 e. The number of pyridine rings is 1. The van der Waals surface area contributed by atoms with Crippen LogP contribution in [0.4, 0.5) is 0 Å². The van der Waals surface area contributed by atoms with Gasteiger partial charge < -0.3 is 14.6 Å². The Kier molecular flexibility index (Phi) is 7.83. The van der Waals surface area contributed by atoms with Gasteiger partial charge in [0, 0.05) is 6.07 Å². The van der Waals surface area contributed by atoms with Crippen LogP contribution in [0.15, 0.2) is 30.0 Å². The van der Waals surface area contributed by atoms with Gasteiger partial charge in [0.05, 0.1) is 19.9 Å². The topological polar surface area (TPSA) is 51.6 Å². The average Bonchev–Trinajstić information content (AvgIpc) is 2.48. The first-order chi connectivity index (χ1) is 10.0. The van der Waals surface area contributed by atoms with Crippen molar-refractivity contribution in [2.45, 2.75) is 46.1 Å². The van der Waals surface area contributed by atoms with E-state index in [1.807, 2.05) is 12.1 Å². The Bertz CT molecular complexity index is 423. The van der Waals surface area contributed by atoms with Gasteiger partial charge in [-0.2, -0.15) is 0 Å². The van der Waals surface area contributed by atoms with Crippen LogP contribution in [0.2, 0.25) is 0 Å². The van der Waals surface area contributed by atoms with E-state index in [-0.39, 0.29) is 12.7 Å². The minimum absolute atomic E-state index is 0.0427. The Hall–Kier alpha value is -1.55. The highest BCUT2D eigenvalue weighted by Gasteiger charge is 2.14. The number of rotatable bonds is 4. The van der Waals surface area contributed by atoms with E-state index in [2.05, 4.69) is 25.8 Å². The molecule has 2 rings (SSSR count). The van der Waals surface area contributed by atoms with E-state index in [0.29, 0.717) is 5.88 Å². The number of aromatic nitrogens is 1. The standard InChI is InChI=1S/C13H17NO3.C4H10/c1-16-13-6-5-12(8-14-13)17-11-4-2-3-10(7-11)9-15;1-4(2)3/h5-8,11,15H,2-4,9H2,1H3;4H,1-3H3. The van der Waals surface area contributed by atoms with Gasteiger partial charge in [-0.15, -0.1) is 0 Å². The lowest BCUT2D eigenvalue weighted by molar-refractivity contribution is 0.220. The fourth-order valence-corrected chi connectivity index (χ4v) is 1.92. The van der Waals surface area contributed by atoms with Gasteiger partial charge in [-0.1, -0.05) is 20.8 Å². The minimum Gasteiger partial charge on any atom is -0.485 e. The van der Waals surface area contributed by atoms with Crippen LogP contribution < -0.4 is 9.47 Å². The summed E-state index contributed by atoms with van der Waals surface area (Å²) < 4.78 is 10.8. The van der Waals surface area contributed by atoms with Crippen LogP contribution in [0, 0.1) is 5.92 Å². The second-order valence-electron chi connectivity index (χ2n) is 5.80. The van der Waals surface area contributed by atoms with E-state index in [1.54, 1.807) is 19.4 Å². The van der Waals surface area contributed by atoms with Crippen molar-refractivity contribution in [2.75, 3.05) is 13.7 Å². The first-order valence-corrected chi connectivity index (χ1v) is 7.52. The largest absolute Gasteiger partial charge is 0.485 e. The molecule has 1 N–H and O–H groups in total. The normalized spacial score (nSPS) is 17.6. The highest BCUT2D eigenvalue weighted by Crippen LogP contribution is 2.22. The lowest BCUT2D eigenvalue weighted by Crippen LogP contribution is -2.18. The molecule has 21 heavy (non-hydrogen) atoms. The lowest BCUT2D eigenvalue weighted by atomic mass is 9.98. The highest BCUT2D eigenvalue weighted by molar-refractivity contribution is 5.24. The third-order valence-corrected chi connectivity index (χ3v) is 2.82. The van der Waals surface area contributed by atoms with Gasteiger partial charge in [0.25, 0.3) is 0 Å². The van der Waals surface area contributed by atoms with Crippen LogP contribution in [-0.2, 0) is 0 Å². The first kappa shape index (κ1) is 17.5. The maximum atomic E-state index is 9.09. The second kappa shape index (κ2) is 9.40. The average molecular weight is 293 g/mol. The predicted molar refractivity (Wildman–Crippen MR) is 84.7 cm³/mol. The quantitative estimate of drug-likeness (QED) is 0.862. The van der Waals surface area contributed by atoms with Gasteiger partial charge in [0.2, 0.25) is 5.88 Å².